The predicted octanol–water partition coefficient (Wildman–Crippen LogP) is 4.66. The second-order valence-corrected chi connectivity index (χ2v) is 6.93. The Morgan fingerprint density at radius 3 is 2.55 bits per heavy atom. The second-order valence-electron chi connectivity index (χ2n) is 5.57. The van der Waals surface area contributed by atoms with Crippen molar-refractivity contribution in [3.05, 3.63) is 42.5 Å². The molecule has 1 fully saturated rings. The number of hydrogen-bond donors (Lipinski definition) is 1. The van der Waals surface area contributed by atoms with Crippen molar-refractivity contribution >= 4 is 35.2 Å². The first-order valence-electron chi connectivity index (χ1n) is 7.12. The quantitative estimate of drug-likeness (QED) is 0.650. The van der Waals surface area contributed by atoms with Crippen LogP contribution in [0.1, 0.15) is 12.8 Å². The van der Waals surface area contributed by atoms with Gasteiger partial charge in [-0.25, -0.2) is 0 Å². The van der Waals surface area contributed by atoms with Crippen molar-refractivity contribution < 1.29 is 4.74 Å². The Morgan fingerprint density at radius 2 is 1.80 bits per heavy atom. The molecule has 1 aliphatic heterocycles. The lowest BCUT2D eigenvalue weighted by atomic mass is 9.84. The largest absolute Gasteiger partial charge is 0.381 e. The van der Waals surface area contributed by atoms with E-state index in [9.17, 15) is 0 Å². The minimum absolute atomic E-state index is 0.345. The molecule has 0 bridgehead atoms. The smallest absolute Gasteiger partial charge is 0.0471 e. The van der Waals surface area contributed by atoms with Crippen molar-refractivity contribution in [2.24, 2.45) is 5.41 Å². The normalized spacial score (nSPS) is 18.2. The van der Waals surface area contributed by atoms with Crippen LogP contribution in [0.5, 0.6) is 0 Å². The minimum atomic E-state index is 0.345. The predicted molar refractivity (Wildman–Crippen MR) is 91.0 cm³/mol. The lowest BCUT2D eigenvalue weighted by Crippen LogP contribution is -2.33. The van der Waals surface area contributed by atoms with Gasteiger partial charge in [0.05, 0.1) is 0 Å². The number of ether oxygens (including phenoxy) is 1. The maximum atomic E-state index is 5.49. The maximum absolute atomic E-state index is 5.49. The highest BCUT2D eigenvalue weighted by atomic mass is 32.2. The fourth-order valence-corrected chi connectivity index (χ4v) is 4.46. The number of hydrogen-bond acceptors (Lipinski definition) is 3. The Labute approximate surface area is 130 Å². The molecule has 0 aromatic heterocycles. The number of thiol groups is 1. The van der Waals surface area contributed by atoms with Gasteiger partial charge in [0.2, 0.25) is 0 Å². The molecule has 3 heteroatoms. The van der Waals surface area contributed by atoms with Crippen LogP contribution in [0.15, 0.2) is 47.4 Å². The number of rotatable bonds is 4. The van der Waals surface area contributed by atoms with Gasteiger partial charge in [0.15, 0.2) is 0 Å². The molecule has 1 nitrogen and oxygen atoms in total. The van der Waals surface area contributed by atoms with Crippen molar-refractivity contribution in [2.75, 3.05) is 24.7 Å². The van der Waals surface area contributed by atoms with Gasteiger partial charge >= 0.3 is 0 Å². The number of benzene rings is 2. The first-order chi connectivity index (χ1) is 9.81. The van der Waals surface area contributed by atoms with Gasteiger partial charge < -0.3 is 4.74 Å². The van der Waals surface area contributed by atoms with Crippen molar-refractivity contribution in [1.82, 2.24) is 0 Å². The van der Waals surface area contributed by atoms with E-state index in [0.717, 1.165) is 37.6 Å². The van der Waals surface area contributed by atoms with E-state index >= 15 is 0 Å². The van der Waals surface area contributed by atoms with Crippen molar-refractivity contribution in [2.45, 2.75) is 17.7 Å². The summed E-state index contributed by atoms with van der Waals surface area (Å²) in [7, 11) is 0. The van der Waals surface area contributed by atoms with Crippen LogP contribution in [0.4, 0.5) is 0 Å². The third kappa shape index (κ3) is 3.16. The Bertz CT molecular complexity index is 576. The first kappa shape index (κ1) is 14.3. The summed E-state index contributed by atoms with van der Waals surface area (Å²) in [5, 5.41) is 2.64. The Morgan fingerprint density at radius 1 is 1.05 bits per heavy atom. The Balaban J connectivity index is 1.72. The van der Waals surface area contributed by atoms with Gasteiger partial charge in [0.1, 0.15) is 0 Å². The average molecular weight is 304 g/mol. The average Bonchev–Trinajstić information content (AvgIpc) is 2.54. The molecular weight excluding hydrogens is 284 g/mol. The van der Waals surface area contributed by atoms with E-state index in [1.807, 2.05) is 11.8 Å². The van der Waals surface area contributed by atoms with Gasteiger partial charge in [-0.15, -0.1) is 11.8 Å². The van der Waals surface area contributed by atoms with Crippen LogP contribution in [-0.4, -0.2) is 24.7 Å². The van der Waals surface area contributed by atoms with Crippen molar-refractivity contribution in [3.8, 4) is 0 Å². The molecule has 0 spiro atoms. The fraction of sp³-hybridized carbons (Fsp3) is 0.412. The topological polar surface area (TPSA) is 9.23 Å². The molecule has 0 N–H and O–H groups in total. The molecule has 2 aromatic rings. The molecule has 2 aromatic carbocycles. The van der Waals surface area contributed by atoms with E-state index in [1.54, 1.807) is 0 Å². The van der Waals surface area contributed by atoms with Crippen molar-refractivity contribution in [1.29, 1.82) is 0 Å². The molecule has 0 radical (unpaired) electrons. The lowest BCUT2D eigenvalue weighted by molar-refractivity contribution is 0.0371. The minimum Gasteiger partial charge on any atom is -0.381 e. The summed E-state index contributed by atoms with van der Waals surface area (Å²) in [5.74, 6) is 2.09. The number of thioether (sulfide) groups is 1. The van der Waals surface area contributed by atoms with Crippen LogP contribution < -0.4 is 0 Å². The summed E-state index contributed by atoms with van der Waals surface area (Å²) < 4.78 is 5.49. The second kappa shape index (κ2) is 6.42. The highest BCUT2D eigenvalue weighted by Gasteiger charge is 2.31. The zero-order valence-electron chi connectivity index (χ0n) is 11.5. The van der Waals surface area contributed by atoms with E-state index in [-0.39, 0.29) is 0 Å². The summed E-state index contributed by atoms with van der Waals surface area (Å²) in [6, 6.07) is 15.3. The van der Waals surface area contributed by atoms with E-state index in [2.05, 4.69) is 55.1 Å². The van der Waals surface area contributed by atoms with Crippen LogP contribution in [0.3, 0.4) is 0 Å². The highest BCUT2D eigenvalue weighted by molar-refractivity contribution is 7.99. The monoisotopic (exact) mass is 304 g/mol. The first-order valence-corrected chi connectivity index (χ1v) is 8.73. The molecule has 1 heterocycles. The van der Waals surface area contributed by atoms with Crippen LogP contribution in [0.25, 0.3) is 10.8 Å². The van der Waals surface area contributed by atoms with Gasteiger partial charge in [-0.1, -0.05) is 30.3 Å². The van der Waals surface area contributed by atoms with E-state index < -0.39 is 0 Å². The molecule has 0 aliphatic carbocycles. The van der Waals surface area contributed by atoms with Crippen molar-refractivity contribution in [3.63, 3.8) is 0 Å². The number of fused-ring (bicyclic) bond motifs is 1. The highest BCUT2D eigenvalue weighted by Crippen LogP contribution is 2.38. The van der Waals surface area contributed by atoms with E-state index in [4.69, 9.17) is 4.74 Å². The third-order valence-electron chi connectivity index (χ3n) is 4.15. The Hall–Kier alpha value is -0.640. The summed E-state index contributed by atoms with van der Waals surface area (Å²) in [6.45, 7) is 1.78. The van der Waals surface area contributed by atoms with Crippen LogP contribution in [0, 0.1) is 5.41 Å². The lowest BCUT2D eigenvalue weighted by Gasteiger charge is -2.35. The van der Waals surface area contributed by atoms with Crippen LogP contribution in [0.2, 0.25) is 0 Å². The molecule has 0 unspecified atom stereocenters. The molecule has 106 valence electrons. The Kier molecular flexibility index (Phi) is 4.59. The fourth-order valence-electron chi connectivity index (χ4n) is 2.65. The molecular formula is C17H20OS2. The van der Waals surface area contributed by atoms with Gasteiger partial charge in [0, 0.05) is 23.9 Å². The summed E-state index contributed by atoms with van der Waals surface area (Å²) in [4.78, 5) is 1.36. The van der Waals surface area contributed by atoms with Gasteiger partial charge in [-0.2, -0.15) is 12.6 Å². The van der Waals surface area contributed by atoms with E-state index in [1.165, 1.54) is 15.7 Å². The molecule has 0 saturated carbocycles. The maximum Gasteiger partial charge on any atom is 0.0471 e. The zero-order valence-corrected chi connectivity index (χ0v) is 13.3. The van der Waals surface area contributed by atoms with E-state index in [0.29, 0.717) is 5.41 Å². The third-order valence-corrected chi connectivity index (χ3v) is 6.17. The molecule has 3 rings (SSSR count). The molecule has 20 heavy (non-hydrogen) atoms. The standard InChI is InChI=1S/C17H20OS2/c19-12-17(7-9-18-10-8-17)13-20-16-6-5-14-3-1-2-4-15(14)11-16/h1-6,11,19H,7-10,12-13H2. The van der Waals surface area contributed by atoms with Gasteiger partial charge in [-0.3, -0.25) is 0 Å². The summed E-state index contributed by atoms with van der Waals surface area (Å²) >= 11 is 6.55. The molecule has 1 saturated heterocycles. The molecule has 0 atom stereocenters. The SMILES string of the molecule is SCC1(CSc2ccc3ccccc3c2)CCOCC1. The molecule has 0 amide bonds. The summed E-state index contributed by atoms with van der Waals surface area (Å²) in [6.07, 6.45) is 2.27. The van der Waals surface area contributed by atoms with Crippen LogP contribution >= 0.6 is 24.4 Å². The zero-order chi connectivity index (χ0) is 13.8. The van der Waals surface area contributed by atoms with Crippen LogP contribution in [-0.2, 0) is 4.74 Å². The molecule has 1 aliphatic rings. The van der Waals surface area contributed by atoms with Gasteiger partial charge in [-0.05, 0) is 46.9 Å². The summed E-state index contributed by atoms with van der Waals surface area (Å²) in [5.41, 5.74) is 0.345. The van der Waals surface area contributed by atoms with Gasteiger partial charge in [0.25, 0.3) is 0 Å².